The van der Waals surface area contributed by atoms with Crippen LogP contribution in [0, 0.1) is 0 Å². The van der Waals surface area contributed by atoms with Gasteiger partial charge in [-0.2, -0.15) is 4.98 Å². The third kappa shape index (κ3) is 3.13. The number of aromatic nitrogens is 2. The monoisotopic (exact) mass is 288 g/mol. The number of hydrogen-bond donors (Lipinski definition) is 2. The van der Waals surface area contributed by atoms with E-state index in [9.17, 15) is 8.42 Å². The average molecular weight is 288 g/mol. The van der Waals surface area contributed by atoms with Crippen molar-refractivity contribution in [3.8, 4) is 0 Å². The number of sulfonamides is 1. The van der Waals surface area contributed by atoms with Crippen LogP contribution in [0.4, 0.5) is 0 Å². The van der Waals surface area contributed by atoms with E-state index in [1.54, 1.807) is 11.4 Å². The van der Waals surface area contributed by atoms with Gasteiger partial charge in [0.05, 0.1) is 0 Å². The number of nitrogens with two attached hydrogens (primary N) is 1. The van der Waals surface area contributed by atoms with E-state index in [1.165, 1.54) is 6.33 Å². The molecule has 2 aromatic heterocycles. The van der Waals surface area contributed by atoms with E-state index in [4.69, 9.17) is 10.3 Å². The summed E-state index contributed by atoms with van der Waals surface area (Å²) >= 11 is 1.15. The Morgan fingerprint density at radius 1 is 1.50 bits per heavy atom. The van der Waals surface area contributed by atoms with Gasteiger partial charge >= 0.3 is 0 Å². The summed E-state index contributed by atoms with van der Waals surface area (Å²) in [6, 6.07) is 1.57. The Labute approximate surface area is 108 Å². The maximum absolute atomic E-state index is 11.9. The van der Waals surface area contributed by atoms with Crippen LogP contribution in [0.3, 0.4) is 0 Å². The zero-order chi connectivity index (χ0) is 13.0. The van der Waals surface area contributed by atoms with Crippen LogP contribution in [-0.4, -0.2) is 25.1 Å². The molecule has 0 aromatic carbocycles. The molecule has 7 nitrogen and oxygen atoms in total. The van der Waals surface area contributed by atoms with Crippen LogP contribution in [0.25, 0.3) is 0 Å². The molecule has 0 spiro atoms. The first-order valence-electron chi connectivity index (χ1n) is 5.14. The van der Waals surface area contributed by atoms with Gasteiger partial charge in [0.25, 0.3) is 0 Å². The Bertz CT molecular complexity index is 591. The Morgan fingerprint density at radius 3 is 2.94 bits per heavy atom. The SMILES string of the molecule is NCc1csc(S(=O)(=O)NCCc2ncno2)c1. The van der Waals surface area contributed by atoms with Gasteiger partial charge in [-0.15, -0.1) is 11.3 Å². The van der Waals surface area contributed by atoms with Crippen molar-refractivity contribution < 1.29 is 12.9 Å². The summed E-state index contributed by atoms with van der Waals surface area (Å²) in [6.45, 7) is 0.536. The number of rotatable bonds is 6. The fraction of sp³-hybridized carbons (Fsp3) is 0.333. The molecule has 2 aromatic rings. The van der Waals surface area contributed by atoms with Gasteiger partial charge in [-0.3, -0.25) is 0 Å². The van der Waals surface area contributed by atoms with Gasteiger partial charge in [-0.05, 0) is 17.0 Å². The van der Waals surface area contributed by atoms with E-state index >= 15 is 0 Å². The van der Waals surface area contributed by atoms with Crippen molar-refractivity contribution in [1.82, 2.24) is 14.9 Å². The second-order valence-corrected chi connectivity index (χ2v) is 6.37. The second-order valence-electron chi connectivity index (χ2n) is 3.46. The molecule has 0 amide bonds. The van der Waals surface area contributed by atoms with E-state index in [2.05, 4.69) is 14.9 Å². The van der Waals surface area contributed by atoms with Crippen LogP contribution in [0.5, 0.6) is 0 Å². The molecule has 0 bridgehead atoms. The molecule has 3 N–H and O–H groups in total. The van der Waals surface area contributed by atoms with Gasteiger partial charge in [-0.1, -0.05) is 5.16 Å². The van der Waals surface area contributed by atoms with Crippen molar-refractivity contribution >= 4 is 21.4 Å². The van der Waals surface area contributed by atoms with Crippen LogP contribution >= 0.6 is 11.3 Å². The van der Waals surface area contributed by atoms with Crippen molar-refractivity contribution in [3.63, 3.8) is 0 Å². The smallest absolute Gasteiger partial charge is 0.250 e. The van der Waals surface area contributed by atoms with Crippen molar-refractivity contribution in [3.05, 3.63) is 29.2 Å². The number of thiophene rings is 1. The van der Waals surface area contributed by atoms with Crippen molar-refractivity contribution in [2.24, 2.45) is 5.73 Å². The average Bonchev–Trinajstić information content (AvgIpc) is 2.99. The molecule has 2 heterocycles. The van der Waals surface area contributed by atoms with Crippen LogP contribution in [-0.2, 0) is 23.0 Å². The molecular weight excluding hydrogens is 276 g/mol. The van der Waals surface area contributed by atoms with Crippen LogP contribution in [0.2, 0.25) is 0 Å². The lowest BCUT2D eigenvalue weighted by atomic mass is 10.4. The first kappa shape index (κ1) is 13.1. The molecule has 0 aliphatic heterocycles. The summed E-state index contributed by atoms with van der Waals surface area (Å²) in [7, 11) is -3.48. The van der Waals surface area contributed by atoms with Gasteiger partial charge in [0, 0.05) is 19.5 Å². The van der Waals surface area contributed by atoms with Crippen LogP contribution in [0.15, 0.2) is 26.5 Å². The summed E-state index contributed by atoms with van der Waals surface area (Å²) < 4.78 is 31.3. The predicted octanol–water partition coefficient (Wildman–Crippen LogP) is 0.111. The largest absolute Gasteiger partial charge is 0.340 e. The Hall–Kier alpha value is -1.29. The highest BCUT2D eigenvalue weighted by Gasteiger charge is 2.16. The molecule has 0 saturated carbocycles. The fourth-order valence-electron chi connectivity index (χ4n) is 1.27. The van der Waals surface area contributed by atoms with E-state index in [1.807, 2.05) is 0 Å². The van der Waals surface area contributed by atoms with Crippen LogP contribution < -0.4 is 10.5 Å². The Morgan fingerprint density at radius 2 is 2.33 bits per heavy atom. The lowest BCUT2D eigenvalue weighted by Crippen LogP contribution is -2.25. The third-order valence-corrected chi connectivity index (χ3v) is 5.12. The standard InChI is InChI=1S/C9H12N4O3S2/c10-4-7-3-9(17-5-7)18(14,15)13-2-1-8-11-6-12-16-8/h3,5-6,13H,1-2,4,10H2. The molecule has 0 unspecified atom stereocenters. The van der Waals surface area contributed by atoms with E-state index in [0.29, 0.717) is 18.9 Å². The minimum absolute atomic E-state index is 0.209. The topological polar surface area (TPSA) is 111 Å². The van der Waals surface area contributed by atoms with Crippen molar-refractivity contribution in [2.75, 3.05) is 6.54 Å². The van der Waals surface area contributed by atoms with Gasteiger partial charge in [0.15, 0.2) is 6.33 Å². The van der Waals surface area contributed by atoms with E-state index < -0.39 is 10.0 Å². The molecule has 0 atom stereocenters. The lowest BCUT2D eigenvalue weighted by molar-refractivity contribution is 0.377. The van der Waals surface area contributed by atoms with Gasteiger partial charge < -0.3 is 10.3 Å². The highest BCUT2D eigenvalue weighted by molar-refractivity contribution is 7.91. The summed E-state index contributed by atoms with van der Waals surface area (Å²) in [5.74, 6) is 0.395. The Kier molecular flexibility index (Phi) is 4.07. The van der Waals surface area contributed by atoms with Crippen molar-refractivity contribution in [1.29, 1.82) is 0 Å². The molecule has 98 valence electrons. The highest BCUT2D eigenvalue weighted by Crippen LogP contribution is 2.19. The predicted molar refractivity (Wildman–Crippen MR) is 65.4 cm³/mol. The first-order valence-corrected chi connectivity index (χ1v) is 7.51. The lowest BCUT2D eigenvalue weighted by Gasteiger charge is -2.02. The minimum Gasteiger partial charge on any atom is -0.340 e. The molecule has 0 radical (unpaired) electrons. The molecule has 0 saturated heterocycles. The normalized spacial score (nSPS) is 11.8. The maximum Gasteiger partial charge on any atom is 0.250 e. The minimum atomic E-state index is -3.48. The molecule has 0 aliphatic carbocycles. The number of nitrogens with one attached hydrogen (secondary N) is 1. The van der Waals surface area contributed by atoms with Gasteiger partial charge in [-0.25, -0.2) is 13.1 Å². The zero-order valence-corrected chi connectivity index (χ0v) is 11.0. The Balaban J connectivity index is 1.95. The fourth-order valence-corrected chi connectivity index (χ4v) is 3.57. The van der Waals surface area contributed by atoms with Crippen LogP contribution in [0.1, 0.15) is 11.5 Å². The molecule has 0 fully saturated rings. The quantitative estimate of drug-likeness (QED) is 0.780. The highest BCUT2D eigenvalue weighted by atomic mass is 32.2. The van der Waals surface area contributed by atoms with Crippen molar-refractivity contribution in [2.45, 2.75) is 17.2 Å². The molecule has 0 aliphatic rings. The first-order chi connectivity index (χ1) is 8.62. The third-order valence-electron chi connectivity index (χ3n) is 2.17. The second kappa shape index (κ2) is 5.57. The van der Waals surface area contributed by atoms with Gasteiger partial charge in [0.1, 0.15) is 4.21 Å². The molecule has 18 heavy (non-hydrogen) atoms. The zero-order valence-electron chi connectivity index (χ0n) is 9.37. The summed E-state index contributed by atoms with van der Waals surface area (Å²) in [4.78, 5) is 3.80. The van der Waals surface area contributed by atoms with E-state index in [0.717, 1.165) is 16.9 Å². The summed E-state index contributed by atoms with van der Waals surface area (Å²) in [5, 5.41) is 5.16. The van der Waals surface area contributed by atoms with E-state index in [-0.39, 0.29) is 10.8 Å². The van der Waals surface area contributed by atoms with Gasteiger partial charge in [0.2, 0.25) is 15.9 Å². The number of hydrogen-bond acceptors (Lipinski definition) is 7. The summed E-state index contributed by atoms with van der Waals surface area (Å²) in [6.07, 6.45) is 1.63. The molecule has 9 heteroatoms. The number of nitrogens with zero attached hydrogens (tertiary/aromatic N) is 2. The maximum atomic E-state index is 11.9. The molecular formula is C9H12N4O3S2. The molecule has 2 rings (SSSR count). The summed E-state index contributed by atoms with van der Waals surface area (Å²) in [5.41, 5.74) is 6.24.